The molecule has 0 spiro atoms. The highest BCUT2D eigenvalue weighted by atomic mass is 35.5. The zero-order valence-corrected chi connectivity index (χ0v) is 10.2. The third-order valence-corrected chi connectivity index (χ3v) is 1.45. The van der Waals surface area contributed by atoms with Gasteiger partial charge in [0.1, 0.15) is 0 Å². The fourth-order valence-electron chi connectivity index (χ4n) is 0.488. The Kier molecular flexibility index (Phi) is 6.64. The van der Waals surface area contributed by atoms with Crippen LogP contribution >= 0.6 is 11.6 Å². The first-order valence-electron chi connectivity index (χ1n) is 4.27. The second-order valence-electron chi connectivity index (χ2n) is 2.82. The topological polar surface area (TPSA) is 94.5 Å². The largest absolute Gasteiger partial charge is 0.538 e. The number of esters is 1. The molecule has 0 atom stereocenters. The Morgan fingerprint density at radius 1 is 1.24 bits per heavy atom. The Morgan fingerprint density at radius 3 is 2.29 bits per heavy atom. The van der Waals surface area contributed by atoms with Crippen LogP contribution in [0.15, 0.2) is 5.16 Å². The monoisotopic (exact) mass is 266 g/mol. The number of oxime groups is 1. The Bertz CT molecular complexity index is 341. The van der Waals surface area contributed by atoms with Crippen LogP contribution in [0.2, 0.25) is 0 Å². The van der Waals surface area contributed by atoms with Crippen LogP contribution in [0.3, 0.4) is 0 Å². The number of ether oxygens (including phenoxy) is 2. The van der Waals surface area contributed by atoms with Gasteiger partial charge < -0.3 is 14.4 Å². The van der Waals surface area contributed by atoms with Crippen molar-refractivity contribution >= 4 is 34.8 Å². The number of rotatable bonds is 4. The van der Waals surface area contributed by atoms with E-state index in [0.29, 0.717) is 0 Å². The lowest BCUT2D eigenvalue weighted by molar-refractivity contribution is -0.150. The van der Waals surface area contributed by atoms with Gasteiger partial charge >= 0.3 is 12.1 Å². The maximum Gasteiger partial charge on any atom is 0.538 e. The Labute approximate surface area is 102 Å². The molecule has 0 radical (unpaired) electrons. The van der Waals surface area contributed by atoms with E-state index in [2.05, 4.69) is 19.5 Å². The summed E-state index contributed by atoms with van der Waals surface area (Å²) in [5, 5.41) is 2.48. The molecule has 9 heteroatoms. The molecule has 0 unspecified atom stereocenters. The number of carbonyl (C=O) groups is 3. The first-order valence-corrected chi connectivity index (χ1v) is 4.64. The first kappa shape index (κ1) is 15.2. The standard InChI is InChI=1S/C8H11ClN2O6/c1-5(12)15-4-16-8(14)17-10-6(9)7(13)11(2)3/h4H2,1-3H3/b10-6-. The second-order valence-corrected chi connectivity index (χ2v) is 3.18. The molecule has 0 rings (SSSR count). The van der Waals surface area contributed by atoms with Crippen LogP contribution in [0.5, 0.6) is 0 Å². The van der Waals surface area contributed by atoms with Crippen molar-refractivity contribution in [3.63, 3.8) is 0 Å². The third-order valence-electron chi connectivity index (χ3n) is 1.22. The summed E-state index contributed by atoms with van der Waals surface area (Å²) in [6.45, 7) is 0.530. The molecule has 0 aromatic carbocycles. The van der Waals surface area contributed by atoms with Gasteiger partial charge in [0.2, 0.25) is 12.0 Å². The van der Waals surface area contributed by atoms with Crippen molar-refractivity contribution in [3.8, 4) is 0 Å². The van der Waals surface area contributed by atoms with Gasteiger partial charge in [-0.3, -0.25) is 14.4 Å². The number of nitrogens with zero attached hydrogens (tertiary/aromatic N) is 2. The zero-order valence-electron chi connectivity index (χ0n) is 9.43. The molecule has 0 heterocycles. The summed E-state index contributed by atoms with van der Waals surface area (Å²) in [6.07, 6.45) is -1.25. The predicted octanol–water partition coefficient (Wildman–Crippen LogP) is 0.301. The minimum Gasteiger partial charge on any atom is -0.428 e. The van der Waals surface area contributed by atoms with Crippen molar-refractivity contribution in [2.75, 3.05) is 20.9 Å². The van der Waals surface area contributed by atoms with E-state index in [4.69, 9.17) is 11.6 Å². The molecular weight excluding hydrogens is 256 g/mol. The quantitative estimate of drug-likeness (QED) is 0.239. The summed E-state index contributed by atoms with van der Waals surface area (Å²) >= 11 is 5.40. The predicted molar refractivity (Wildman–Crippen MR) is 56.2 cm³/mol. The fraction of sp³-hybridized carbons (Fsp3) is 0.500. The van der Waals surface area contributed by atoms with Crippen molar-refractivity contribution in [2.24, 2.45) is 5.16 Å². The van der Waals surface area contributed by atoms with Crippen molar-refractivity contribution in [2.45, 2.75) is 6.92 Å². The van der Waals surface area contributed by atoms with Gasteiger partial charge in [0, 0.05) is 21.0 Å². The van der Waals surface area contributed by atoms with Gasteiger partial charge in [0.25, 0.3) is 5.91 Å². The van der Waals surface area contributed by atoms with E-state index in [9.17, 15) is 14.4 Å². The molecule has 0 saturated heterocycles. The van der Waals surface area contributed by atoms with Crippen LogP contribution in [0, 0.1) is 0 Å². The molecule has 0 aromatic rings. The average Bonchev–Trinajstić information content (AvgIpc) is 2.24. The highest BCUT2D eigenvalue weighted by molar-refractivity contribution is 6.82. The summed E-state index contributed by atoms with van der Waals surface area (Å²) in [7, 11) is 2.89. The van der Waals surface area contributed by atoms with E-state index in [1.807, 2.05) is 0 Å². The summed E-state index contributed by atoms with van der Waals surface area (Å²) in [5.41, 5.74) is 0. The molecule has 0 aliphatic rings. The van der Waals surface area contributed by atoms with Crippen molar-refractivity contribution in [3.05, 3.63) is 0 Å². The van der Waals surface area contributed by atoms with Crippen LogP contribution in [-0.2, 0) is 23.9 Å². The van der Waals surface area contributed by atoms with Crippen molar-refractivity contribution in [1.82, 2.24) is 4.90 Å². The summed E-state index contributed by atoms with van der Waals surface area (Å²) in [5.74, 6) is -1.26. The van der Waals surface area contributed by atoms with Gasteiger partial charge in [-0.25, -0.2) is 4.79 Å². The lowest BCUT2D eigenvalue weighted by Crippen LogP contribution is -2.27. The normalized spacial score (nSPS) is 10.5. The van der Waals surface area contributed by atoms with Crippen LogP contribution in [-0.4, -0.2) is 49.0 Å². The SMILES string of the molecule is CC(=O)OCOC(=O)O/N=C(\Cl)C(=O)N(C)C. The molecule has 0 N–H and O–H groups in total. The zero-order chi connectivity index (χ0) is 13.4. The number of carbonyl (C=O) groups excluding carboxylic acids is 3. The molecular formula is C8H11ClN2O6. The van der Waals surface area contributed by atoms with E-state index >= 15 is 0 Å². The smallest absolute Gasteiger partial charge is 0.428 e. The summed E-state index contributed by atoms with van der Waals surface area (Å²) in [4.78, 5) is 37.5. The molecule has 17 heavy (non-hydrogen) atoms. The highest BCUT2D eigenvalue weighted by Gasteiger charge is 2.13. The molecule has 0 aliphatic carbocycles. The molecule has 0 fully saturated rings. The summed E-state index contributed by atoms with van der Waals surface area (Å²) < 4.78 is 8.54. The lowest BCUT2D eigenvalue weighted by Gasteiger charge is -2.07. The van der Waals surface area contributed by atoms with Gasteiger partial charge in [-0.15, -0.1) is 0 Å². The van der Waals surface area contributed by atoms with E-state index in [-0.39, 0.29) is 0 Å². The van der Waals surface area contributed by atoms with E-state index < -0.39 is 30.0 Å². The van der Waals surface area contributed by atoms with E-state index in [1.165, 1.54) is 14.1 Å². The van der Waals surface area contributed by atoms with Crippen LogP contribution in [0.4, 0.5) is 4.79 Å². The van der Waals surface area contributed by atoms with E-state index in [1.54, 1.807) is 0 Å². The Morgan fingerprint density at radius 2 is 1.82 bits per heavy atom. The van der Waals surface area contributed by atoms with Gasteiger partial charge in [0.05, 0.1) is 0 Å². The number of hydrogen-bond acceptors (Lipinski definition) is 7. The van der Waals surface area contributed by atoms with Crippen LogP contribution in [0.1, 0.15) is 6.92 Å². The molecule has 96 valence electrons. The number of halogens is 1. The maximum atomic E-state index is 11.1. The van der Waals surface area contributed by atoms with Crippen molar-refractivity contribution in [1.29, 1.82) is 0 Å². The minimum atomic E-state index is -1.25. The molecule has 0 bridgehead atoms. The van der Waals surface area contributed by atoms with Gasteiger partial charge in [0.15, 0.2) is 0 Å². The minimum absolute atomic E-state index is 0.542. The number of hydrogen-bond donors (Lipinski definition) is 0. The Hall–Kier alpha value is -1.83. The fourth-order valence-corrected chi connectivity index (χ4v) is 0.691. The molecule has 0 aliphatic heterocycles. The van der Waals surface area contributed by atoms with Gasteiger partial charge in [-0.1, -0.05) is 16.8 Å². The average molecular weight is 267 g/mol. The van der Waals surface area contributed by atoms with E-state index in [0.717, 1.165) is 11.8 Å². The highest BCUT2D eigenvalue weighted by Crippen LogP contribution is 1.95. The molecule has 8 nitrogen and oxygen atoms in total. The van der Waals surface area contributed by atoms with Crippen LogP contribution < -0.4 is 0 Å². The first-order chi connectivity index (χ1) is 7.84. The maximum absolute atomic E-state index is 11.1. The lowest BCUT2D eigenvalue weighted by atomic mass is 10.6. The van der Waals surface area contributed by atoms with Gasteiger partial charge in [-0.2, -0.15) is 0 Å². The third kappa shape index (κ3) is 7.12. The van der Waals surface area contributed by atoms with Crippen LogP contribution in [0.25, 0.3) is 0 Å². The second kappa shape index (κ2) is 7.44. The molecule has 0 saturated carbocycles. The number of amides is 1. The summed E-state index contributed by atoms with van der Waals surface area (Å²) in [6, 6.07) is 0. The molecule has 1 amide bonds. The Balaban J connectivity index is 4.01. The van der Waals surface area contributed by atoms with Crippen molar-refractivity contribution < 1.29 is 28.7 Å². The van der Waals surface area contributed by atoms with Gasteiger partial charge in [-0.05, 0) is 0 Å². The molecule has 0 aromatic heterocycles.